The number of aryl methyl sites for hydroxylation is 1. The van der Waals surface area contributed by atoms with E-state index in [2.05, 4.69) is 70.5 Å². The van der Waals surface area contributed by atoms with Gasteiger partial charge >= 0.3 is 6.09 Å². The lowest BCUT2D eigenvalue weighted by atomic mass is 9.74. The van der Waals surface area contributed by atoms with E-state index >= 15 is 0 Å². The van der Waals surface area contributed by atoms with Crippen LogP contribution in [0.4, 0.5) is 10.5 Å². The number of amides is 1. The number of hydrogen-bond donors (Lipinski definition) is 1. The molecule has 7 nitrogen and oxygen atoms in total. The summed E-state index contributed by atoms with van der Waals surface area (Å²) in [5.41, 5.74) is 4.15. The largest absolute Gasteiger partial charge is 0.497 e. The predicted octanol–water partition coefficient (Wildman–Crippen LogP) is 5.68. The maximum absolute atomic E-state index is 12.4. The third kappa shape index (κ3) is 4.79. The Bertz CT molecular complexity index is 1410. The predicted molar refractivity (Wildman–Crippen MR) is 145 cm³/mol. The minimum Gasteiger partial charge on any atom is -0.497 e. The lowest BCUT2D eigenvalue weighted by molar-refractivity contribution is -0.00222. The number of carbonyl (C=O) groups is 1. The van der Waals surface area contributed by atoms with Crippen LogP contribution in [0.15, 0.2) is 72.8 Å². The molecule has 0 radical (unpaired) electrons. The second-order valence-corrected chi connectivity index (χ2v) is 10.1. The lowest BCUT2D eigenvalue weighted by Crippen LogP contribution is -2.54. The number of nitrogens with zero attached hydrogens (tertiary/aromatic N) is 3. The van der Waals surface area contributed by atoms with Gasteiger partial charge < -0.3 is 9.47 Å². The summed E-state index contributed by atoms with van der Waals surface area (Å²) < 4.78 is 12.8. The molecule has 37 heavy (non-hydrogen) atoms. The van der Waals surface area contributed by atoms with Gasteiger partial charge in [-0.15, -0.1) is 0 Å². The standard InChI is InChI=1S/C30H32N4O3/c1-33-29(17-28(32-33)23-8-7-20-5-3-4-6-21(20)15-23)27-18-34-14-13-22(27)16-25(34)19-37-30(35)31-24-9-11-26(36-2)12-10-24/h3-12,15,17,22,25,27H,13-14,16,18-19H2,1-2H3,(H,31,35)/t22-,25+,27+/m0/s1. The van der Waals surface area contributed by atoms with E-state index in [1.54, 1.807) is 19.2 Å². The number of benzene rings is 3. The van der Waals surface area contributed by atoms with Crippen molar-refractivity contribution in [2.45, 2.75) is 24.8 Å². The average Bonchev–Trinajstić information content (AvgIpc) is 3.33. The molecule has 3 aliphatic heterocycles. The van der Waals surface area contributed by atoms with Crippen LogP contribution in [-0.2, 0) is 11.8 Å². The van der Waals surface area contributed by atoms with Gasteiger partial charge in [-0.3, -0.25) is 14.9 Å². The Morgan fingerprint density at radius 3 is 2.62 bits per heavy atom. The van der Waals surface area contributed by atoms with Crippen LogP contribution in [0, 0.1) is 5.92 Å². The molecule has 190 valence electrons. The SMILES string of the molecule is COc1ccc(NC(=O)OC[C@H]2C[C@@H]3CCN2C[C@H]3c2cc(-c3ccc4ccccc4c3)nn2C)cc1. The molecule has 0 saturated carbocycles. The second kappa shape index (κ2) is 9.90. The molecule has 0 spiro atoms. The Balaban J connectivity index is 1.09. The number of aromatic nitrogens is 2. The molecule has 0 aliphatic carbocycles. The molecule has 3 fully saturated rings. The Labute approximate surface area is 217 Å². The van der Waals surface area contributed by atoms with Crippen molar-refractivity contribution in [3.05, 3.63) is 78.5 Å². The topological polar surface area (TPSA) is 68.6 Å². The highest BCUT2D eigenvalue weighted by molar-refractivity contribution is 5.87. The van der Waals surface area contributed by atoms with Crippen molar-refractivity contribution in [3.63, 3.8) is 0 Å². The van der Waals surface area contributed by atoms with Crippen LogP contribution in [0.3, 0.4) is 0 Å². The van der Waals surface area contributed by atoms with Crippen LogP contribution in [0.5, 0.6) is 5.75 Å². The van der Waals surface area contributed by atoms with Gasteiger partial charge in [0.2, 0.25) is 0 Å². The molecule has 7 rings (SSSR count). The molecule has 1 N–H and O–H groups in total. The average molecular weight is 497 g/mol. The molecule has 4 heterocycles. The highest BCUT2D eigenvalue weighted by Gasteiger charge is 2.42. The van der Waals surface area contributed by atoms with Crippen LogP contribution in [0.25, 0.3) is 22.0 Å². The molecular formula is C30H32N4O3. The lowest BCUT2D eigenvalue weighted by Gasteiger charge is -2.49. The minimum absolute atomic E-state index is 0.254. The highest BCUT2D eigenvalue weighted by atomic mass is 16.5. The van der Waals surface area contributed by atoms with E-state index in [-0.39, 0.29) is 6.04 Å². The molecule has 2 bridgehead atoms. The van der Waals surface area contributed by atoms with E-state index in [0.29, 0.717) is 24.1 Å². The van der Waals surface area contributed by atoms with Crippen molar-refractivity contribution in [2.24, 2.45) is 13.0 Å². The maximum Gasteiger partial charge on any atom is 0.411 e. The van der Waals surface area contributed by atoms with E-state index in [1.807, 2.05) is 12.1 Å². The second-order valence-electron chi connectivity index (χ2n) is 10.1. The normalized spacial score (nSPS) is 22.6. The summed E-state index contributed by atoms with van der Waals surface area (Å²) in [6, 6.07) is 24.7. The van der Waals surface area contributed by atoms with Crippen LogP contribution in [-0.4, -0.2) is 53.6 Å². The summed E-state index contributed by atoms with van der Waals surface area (Å²) in [4.78, 5) is 14.9. The quantitative estimate of drug-likeness (QED) is 0.372. The van der Waals surface area contributed by atoms with Gasteiger partial charge in [0.1, 0.15) is 12.4 Å². The summed E-state index contributed by atoms with van der Waals surface area (Å²) in [6.07, 6.45) is 1.77. The van der Waals surface area contributed by atoms with Gasteiger partial charge in [-0.05, 0) is 72.5 Å². The first kappa shape index (κ1) is 23.6. The van der Waals surface area contributed by atoms with Crippen molar-refractivity contribution >= 4 is 22.6 Å². The Kier molecular flexibility index (Phi) is 6.30. The zero-order valence-electron chi connectivity index (χ0n) is 21.3. The summed E-state index contributed by atoms with van der Waals surface area (Å²) >= 11 is 0. The number of anilines is 1. The first-order valence-electron chi connectivity index (χ1n) is 12.9. The summed E-state index contributed by atoms with van der Waals surface area (Å²) in [6.45, 7) is 2.42. The van der Waals surface area contributed by atoms with Crippen molar-refractivity contribution in [3.8, 4) is 17.0 Å². The third-order valence-electron chi connectivity index (χ3n) is 7.96. The van der Waals surface area contributed by atoms with E-state index in [0.717, 1.165) is 42.9 Å². The summed E-state index contributed by atoms with van der Waals surface area (Å²) in [5, 5.41) is 10.2. The molecule has 4 aromatic rings. The number of ether oxygens (including phenoxy) is 2. The molecule has 1 amide bonds. The van der Waals surface area contributed by atoms with Crippen LogP contribution >= 0.6 is 0 Å². The molecule has 4 atom stereocenters. The summed E-state index contributed by atoms with van der Waals surface area (Å²) in [7, 11) is 3.67. The Morgan fingerprint density at radius 2 is 1.86 bits per heavy atom. The van der Waals surface area contributed by atoms with E-state index in [9.17, 15) is 4.79 Å². The van der Waals surface area contributed by atoms with Gasteiger partial charge in [0.25, 0.3) is 0 Å². The van der Waals surface area contributed by atoms with Gasteiger partial charge in [0.05, 0.1) is 12.8 Å². The van der Waals surface area contributed by atoms with Gasteiger partial charge in [0, 0.05) is 42.5 Å². The third-order valence-corrected chi connectivity index (χ3v) is 7.96. The van der Waals surface area contributed by atoms with E-state index in [4.69, 9.17) is 14.6 Å². The van der Waals surface area contributed by atoms with Crippen molar-refractivity contribution < 1.29 is 14.3 Å². The van der Waals surface area contributed by atoms with Crippen LogP contribution in [0.1, 0.15) is 24.5 Å². The minimum atomic E-state index is -0.420. The van der Waals surface area contributed by atoms with Gasteiger partial charge in [-0.1, -0.05) is 36.4 Å². The monoisotopic (exact) mass is 496 g/mol. The number of rotatable bonds is 6. The Hall–Kier alpha value is -3.84. The fourth-order valence-corrected chi connectivity index (χ4v) is 5.97. The van der Waals surface area contributed by atoms with Crippen molar-refractivity contribution in [1.82, 2.24) is 14.7 Å². The zero-order chi connectivity index (χ0) is 25.4. The molecule has 7 heteroatoms. The first-order valence-corrected chi connectivity index (χ1v) is 12.9. The molecule has 3 aromatic carbocycles. The molecule has 1 aromatic heterocycles. The fraction of sp³-hybridized carbons (Fsp3) is 0.333. The molecule has 3 saturated heterocycles. The smallest absolute Gasteiger partial charge is 0.411 e. The zero-order valence-corrected chi connectivity index (χ0v) is 21.3. The first-order chi connectivity index (χ1) is 18.1. The van der Waals surface area contributed by atoms with Gasteiger partial charge in [-0.2, -0.15) is 5.10 Å². The van der Waals surface area contributed by atoms with E-state index in [1.165, 1.54) is 16.5 Å². The molecule has 3 aliphatic rings. The van der Waals surface area contributed by atoms with E-state index < -0.39 is 6.09 Å². The summed E-state index contributed by atoms with van der Waals surface area (Å²) in [5.74, 6) is 1.74. The van der Waals surface area contributed by atoms with Crippen molar-refractivity contribution in [1.29, 1.82) is 0 Å². The van der Waals surface area contributed by atoms with Crippen LogP contribution in [0.2, 0.25) is 0 Å². The number of fused-ring (bicyclic) bond motifs is 4. The number of hydrogen-bond acceptors (Lipinski definition) is 5. The van der Waals surface area contributed by atoms with Crippen molar-refractivity contribution in [2.75, 3.05) is 32.1 Å². The van der Waals surface area contributed by atoms with Gasteiger partial charge in [0.15, 0.2) is 0 Å². The molecular weight excluding hydrogens is 464 g/mol. The highest BCUT2D eigenvalue weighted by Crippen LogP contribution is 2.42. The molecule has 1 unspecified atom stereocenters. The maximum atomic E-state index is 12.4. The fourth-order valence-electron chi connectivity index (χ4n) is 5.97. The number of nitrogens with one attached hydrogen (secondary N) is 1. The van der Waals surface area contributed by atoms with Gasteiger partial charge in [-0.25, -0.2) is 4.79 Å². The number of carbonyl (C=O) groups excluding carboxylic acids is 1. The number of piperidine rings is 3. The Morgan fingerprint density at radius 1 is 1.05 bits per heavy atom. The number of methoxy groups -OCH3 is 1. The van der Waals surface area contributed by atoms with Crippen LogP contribution < -0.4 is 10.1 Å².